The van der Waals surface area contributed by atoms with E-state index in [0.29, 0.717) is 23.8 Å². The van der Waals surface area contributed by atoms with Crippen LogP contribution in [-0.2, 0) is 26.2 Å². The molecule has 2 amide bonds. The van der Waals surface area contributed by atoms with Gasteiger partial charge in [0.15, 0.2) is 0 Å². The maximum atomic E-state index is 14.3. The molecule has 3 rings (SSSR count). The fraction of sp³-hybridized carbons (Fsp3) is 0.375. The third kappa shape index (κ3) is 8.26. The summed E-state index contributed by atoms with van der Waals surface area (Å²) in [5, 5.41) is 3.36. The van der Waals surface area contributed by atoms with Crippen LogP contribution in [0.1, 0.15) is 52.2 Å². The first-order valence-corrected chi connectivity index (χ1v) is 15.8. The van der Waals surface area contributed by atoms with Gasteiger partial charge in [-0.05, 0) is 88.6 Å². The number of halogens is 1. The lowest BCUT2D eigenvalue weighted by molar-refractivity contribution is -0.141. The topological polar surface area (TPSA) is 96.0 Å². The van der Waals surface area contributed by atoms with E-state index in [9.17, 15) is 18.0 Å². The van der Waals surface area contributed by atoms with Crippen LogP contribution in [0.15, 0.2) is 77.7 Å². The number of nitrogens with zero attached hydrogens (tertiary/aromatic N) is 2. The number of carbonyl (C=O) groups is 2. The average Bonchev–Trinajstić information content (AvgIpc) is 2.92. The third-order valence-electron chi connectivity index (χ3n) is 6.60. The predicted octanol–water partition coefficient (Wildman–Crippen LogP) is 5.96. The molecule has 42 heavy (non-hydrogen) atoms. The largest absolute Gasteiger partial charge is 0.492 e. The zero-order valence-corrected chi connectivity index (χ0v) is 26.6. The molecule has 0 aromatic heterocycles. The first-order valence-electron chi connectivity index (χ1n) is 13.9. The number of amides is 2. The number of hydrogen-bond donors (Lipinski definition) is 1. The van der Waals surface area contributed by atoms with Crippen molar-refractivity contribution in [2.45, 2.75) is 71.0 Å². The van der Waals surface area contributed by atoms with E-state index >= 15 is 0 Å². The molecule has 0 aliphatic heterocycles. The molecule has 0 saturated heterocycles. The molecule has 0 aliphatic carbocycles. The second kappa shape index (κ2) is 14.1. The van der Waals surface area contributed by atoms with Crippen LogP contribution in [0.2, 0.25) is 5.02 Å². The summed E-state index contributed by atoms with van der Waals surface area (Å²) in [4.78, 5) is 29.2. The highest BCUT2D eigenvalue weighted by Gasteiger charge is 2.35. The van der Waals surface area contributed by atoms with Gasteiger partial charge < -0.3 is 15.0 Å². The van der Waals surface area contributed by atoms with Gasteiger partial charge >= 0.3 is 0 Å². The van der Waals surface area contributed by atoms with Crippen LogP contribution < -0.4 is 14.4 Å². The molecule has 0 bridgehead atoms. The summed E-state index contributed by atoms with van der Waals surface area (Å²) in [6.07, 6.45) is 0.332. The number of anilines is 1. The Kier molecular flexibility index (Phi) is 11.0. The highest BCUT2D eigenvalue weighted by Crippen LogP contribution is 2.33. The highest BCUT2D eigenvalue weighted by molar-refractivity contribution is 7.92. The Morgan fingerprint density at radius 2 is 1.57 bits per heavy atom. The van der Waals surface area contributed by atoms with E-state index < -0.39 is 34.1 Å². The minimum absolute atomic E-state index is 0.0334. The van der Waals surface area contributed by atoms with Gasteiger partial charge in [0.05, 0.1) is 17.2 Å². The lowest BCUT2D eigenvalue weighted by atomic mass is 10.0. The number of ether oxygens (including phenoxy) is 1. The molecule has 0 heterocycles. The lowest BCUT2D eigenvalue weighted by Gasteiger charge is -2.35. The Balaban J connectivity index is 2.13. The van der Waals surface area contributed by atoms with Gasteiger partial charge in [0, 0.05) is 17.1 Å². The Hall–Kier alpha value is -3.56. The lowest BCUT2D eigenvalue weighted by Crippen LogP contribution is -2.55. The molecule has 1 unspecified atom stereocenters. The molecule has 0 saturated carbocycles. The number of benzene rings is 3. The molecule has 3 aromatic rings. The maximum absolute atomic E-state index is 14.3. The molecular weight excluding hydrogens is 574 g/mol. The molecular formula is C32H40ClN3O5S. The van der Waals surface area contributed by atoms with Crippen LogP contribution in [-0.4, -0.2) is 49.9 Å². The minimum Gasteiger partial charge on any atom is -0.492 e. The zero-order valence-electron chi connectivity index (χ0n) is 25.1. The van der Waals surface area contributed by atoms with Crippen molar-refractivity contribution in [1.82, 2.24) is 10.2 Å². The van der Waals surface area contributed by atoms with Crippen molar-refractivity contribution in [3.05, 3.63) is 88.9 Å². The van der Waals surface area contributed by atoms with E-state index in [1.807, 2.05) is 58.9 Å². The number of sulfonamides is 1. The van der Waals surface area contributed by atoms with Crippen molar-refractivity contribution in [2.75, 3.05) is 17.5 Å². The van der Waals surface area contributed by atoms with Crippen LogP contribution in [0.4, 0.5) is 5.69 Å². The molecule has 10 heteroatoms. The molecule has 226 valence electrons. The Bertz CT molecular complexity index is 1490. The van der Waals surface area contributed by atoms with Gasteiger partial charge in [-0.25, -0.2) is 8.42 Å². The second-order valence-corrected chi connectivity index (χ2v) is 13.3. The summed E-state index contributed by atoms with van der Waals surface area (Å²) in [7, 11) is -4.26. The fourth-order valence-corrected chi connectivity index (χ4v) is 6.08. The Labute approximate surface area is 254 Å². The van der Waals surface area contributed by atoms with Gasteiger partial charge in [0.1, 0.15) is 18.3 Å². The first-order chi connectivity index (χ1) is 19.8. The summed E-state index contributed by atoms with van der Waals surface area (Å²) in [5.41, 5.74) is 1.50. The molecule has 0 radical (unpaired) electrons. The van der Waals surface area contributed by atoms with Crippen LogP contribution >= 0.6 is 11.6 Å². The number of carbonyl (C=O) groups excluding carboxylic acids is 2. The SMILES string of the molecule is CCOc1ccccc1N(CC(=O)N(Cc1ccccc1C)C(CC)C(=O)NC(C)(C)C)S(=O)(=O)c1ccc(Cl)cc1. The van der Waals surface area contributed by atoms with Crippen molar-refractivity contribution < 1.29 is 22.7 Å². The fourth-order valence-electron chi connectivity index (χ4n) is 4.53. The van der Waals surface area contributed by atoms with Gasteiger partial charge in [-0.3, -0.25) is 13.9 Å². The highest BCUT2D eigenvalue weighted by atomic mass is 35.5. The van der Waals surface area contributed by atoms with Crippen molar-refractivity contribution in [3.8, 4) is 5.75 Å². The number of nitrogens with one attached hydrogen (secondary N) is 1. The average molecular weight is 614 g/mol. The molecule has 0 aliphatic rings. The van der Waals surface area contributed by atoms with E-state index in [1.165, 1.54) is 29.2 Å². The first kappa shape index (κ1) is 32.9. The molecule has 1 N–H and O–H groups in total. The van der Waals surface area contributed by atoms with Crippen molar-refractivity contribution >= 4 is 39.1 Å². The van der Waals surface area contributed by atoms with Crippen LogP contribution in [0.25, 0.3) is 0 Å². The van der Waals surface area contributed by atoms with E-state index in [2.05, 4.69) is 5.32 Å². The van der Waals surface area contributed by atoms with Gasteiger partial charge in [-0.1, -0.05) is 54.9 Å². The Morgan fingerprint density at radius 1 is 0.952 bits per heavy atom. The Morgan fingerprint density at radius 3 is 2.17 bits per heavy atom. The van der Waals surface area contributed by atoms with Gasteiger partial charge in [0.2, 0.25) is 11.8 Å². The van der Waals surface area contributed by atoms with E-state index in [4.69, 9.17) is 16.3 Å². The molecule has 0 fully saturated rings. The smallest absolute Gasteiger partial charge is 0.264 e. The molecule has 8 nitrogen and oxygen atoms in total. The third-order valence-corrected chi connectivity index (χ3v) is 8.63. The summed E-state index contributed by atoms with van der Waals surface area (Å²) in [5.74, 6) is -0.528. The number of rotatable bonds is 12. The zero-order chi connectivity index (χ0) is 31.1. The predicted molar refractivity (Wildman–Crippen MR) is 167 cm³/mol. The monoisotopic (exact) mass is 613 g/mol. The van der Waals surface area contributed by atoms with Crippen LogP contribution in [0.3, 0.4) is 0 Å². The van der Waals surface area contributed by atoms with Gasteiger partial charge in [-0.2, -0.15) is 0 Å². The van der Waals surface area contributed by atoms with Gasteiger partial charge in [-0.15, -0.1) is 0 Å². The molecule has 1 atom stereocenters. The van der Waals surface area contributed by atoms with E-state index in [1.54, 1.807) is 31.2 Å². The summed E-state index contributed by atoms with van der Waals surface area (Å²) in [6.45, 7) is 11.0. The standard InChI is InChI=1S/C32H40ClN3O5S/c1-7-27(31(38)34-32(4,5)6)35(21-24-14-10-9-13-23(24)3)30(37)22-36(28-15-11-12-16-29(28)41-8-2)42(39,40)26-19-17-25(33)18-20-26/h9-20,27H,7-8,21-22H2,1-6H3,(H,34,38). The number of aryl methyl sites for hydroxylation is 1. The van der Waals surface area contributed by atoms with E-state index in [0.717, 1.165) is 15.4 Å². The van der Waals surface area contributed by atoms with Gasteiger partial charge in [0.25, 0.3) is 10.0 Å². The number of para-hydroxylation sites is 2. The molecule has 0 spiro atoms. The van der Waals surface area contributed by atoms with Crippen molar-refractivity contribution in [2.24, 2.45) is 0 Å². The number of hydrogen-bond acceptors (Lipinski definition) is 5. The normalized spacial score (nSPS) is 12.4. The quantitative estimate of drug-likeness (QED) is 0.272. The van der Waals surface area contributed by atoms with Crippen LogP contribution in [0, 0.1) is 6.92 Å². The maximum Gasteiger partial charge on any atom is 0.264 e. The molecule has 3 aromatic carbocycles. The van der Waals surface area contributed by atoms with E-state index in [-0.39, 0.29) is 23.0 Å². The van der Waals surface area contributed by atoms with Crippen molar-refractivity contribution in [1.29, 1.82) is 0 Å². The van der Waals surface area contributed by atoms with Crippen molar-refractivity contribution in [3.63, 3.8) is 0 Å². The second-order valence-electron chi connectivity index (χ2n) is 11.0. The summed E-state index contributed by atoms with van der Waals surface area (Å²) in [6, 6.07) is 19.2. The summed E-state index contributed by atoms with van der Waals surface area (Å²) >= 11 is 6.04. The van der Waals surface area contributed by atoms with Crippen LogP contribution in [0.5, 0.6) is 5.75 Å². The summed E-state index contributed by atoms with van der Waals surface area (Å²) < 4.78 is 35.0. The minimum atomic E-state index is -4.26.